The fourth-order valence-electron chi connectivity index (χ4n) is 2.03. The Kier molecular flexibility index (Phi) is 6.06. The third kappa shape index (κ3) is 6.10. The average molecular weight is 291 g/mol. The highest BCUT2D eigenvalue weighted by atomic mass is 19.4. The minimum Gasteiger partial charge on any atom is -0.398 e. The lowest BCUT2D eigenvalue weighted by Crippen LogP contribution is -2.36. The van der Waals surface area contributed by atoms with Crippen molar-refractivity contribution in [2.24, 2.45) is 0 Å². The van der Waals surface area contributed by atoms with E-state index in [9.17, 15) is 18.0 Å². The van der Waals surface area contributed by atoms with Crippen LogP contribution in [0.2, 0.25) is 0 Å². The highest BCUT2D eigenvalue weighted by Gasteiger charge is 2.29. The highest BCUT2D eigenvalue weighted by Crippen LogP contribution is 2.16. The van der Waals surface area contributed by atoms with Crippen molar-refractivity contribution in [2.45, 2.75) is 32.5 Å². The van der Waals surface area contributed by atoms with Crippen LogP contribution >= 0.6 is 0 Å². The molecule has 1 aromatic rings. The van der Waals surface area contributed by atoms with Crippen molar-refractivity contribution in [2.75, 3.05) is 25.4 Å². The Morgan fingerprint density at radius 3 is 2.60 bits per heavy atom. The summed E-state index contributed by atoms with van der Waals surface area (Å²) >= 11 is 0. The number of anilines is 1. The number of aromatic nitrogens is 1. The van der Waals surface area contributed by atoms with E-state index in [1.807, 2.05) is 6.92 Å². The first-order valence-electron chi connectivity index (χ1n) is 6.57. The van der Waals surface area contributed by atoms with Gasteiger partial charge in [0.25, 0.3) is 5.56 Å². The van der Waals surface area contributed by atoms with Gasteiger partial charge in [0.1, 0.15) is 0 Å². The first-order chi connectivity index (χ1) is 9.31. The molecule has 0 saturated heterocycles. The molecule has 0 aromatic carbocycles. The van der Waals surface area contributed by atoms with E-state index in [1.165, 1.54) is 27.8 Å². The minimum atomic E-state index is -4.19. The SMILES string of the molecule is CCCN(CCCn1cc(N)ccc1=O)CC(F)(F)F. The topological polar surface area (TPSA) is 51.3 Å². The second-order valence-corrected chi connectivity index (χ2v) is 4.74. The van der Waals surface area contributed by atoms with Crippen LogP contribution in [0.25, 0.3) is 0 Å². The largest absolute Gasteiger partial charge is 0.401 e. The number of alkyl halides is 3. The second-order valence-electron chi connectivity index (χ2n) is 4.74. The summed E-state index contributed by atoms with van der Waals surface area (Å²) in [5, 5.41) is 0. The molecule has 1 heterocycles. The maximum Gasteiger partial charge on any atom is 0.401 e. The fourth-order valence-corrected chi connectivity index (χ4v) is 2.03. The number of nitrogens with zero attached hydrogens (tertiary/aromatic N) is 2. The van der Waals surface area contributed by atoms with Gasteiger partial charge in [-0.05, 0) is 25.5 Å². The van der Waals surface area contributed by atoms with Crippen molar-refractivity contribution >= 4 is 5.69 Å². The molecule has 0 amide bonds. The molecule has 1 rings (SSSR count). The molecule has 2 N–H and O–H groups in total. The Balaban J connectivity index is 2.51. The third-order valence-electron chi connectivity index (χ3n) is 2.82. The zero-order valence-corrected chi connectivity index (χ0v) is 11.5. The van der Waals surface area contributed by atoms with Crippen molar-refractivity contribution in [1.82, 2.24) is 9.47 Å². The summed E-state index contributed by atoms with van der Waals surface area (Å²) in [6.07, 6.45) is -1.55. The Morgan fingerprint density at radius 2 is 2.00 bits per heavy atom. The monoisotopic (exact) mass is 291 g/mol. The molecule has 0 aliphatic rings. The number of nitrogen functional groups attached to an aromatic ring is 1. The lowest BCUT2D eigenvalue weighted by molar-refractivity contribution is -0.146. The van der Waals surface area contributed by atoms with E-state index in [4.69, 9.17) is 5.73 Å². The van der Waals surface area contributed by atoms with Crippen LogP contribution < -0.4 is 11.3 Å². The molecule has 4 nitrogen and oxygen atoms in total. The molecule has 0 aliphatic heterocycles. The highest BCUT2D eigenvalue weighted by molar-refractivity contribution is 5.33. The quantitative estimate of drug-likeness (QED) is 0.837. The van der Waals surface area contributed by atoms with Crippen LogP contribution in [-0.4, -0.2) is 35.3 Å². The Hall–Kier alpha value is -1.50. The molecule has 0 unspecified atom stereocenters. The molecule has 0 saturated carbocycles. The number of hydrogen-bond acceptors (Lipinski definition) is 3. The number of rotatable bonds is 7. The number of pyridine rings is 1. The first-order valence-corrected chi connectivity index (χ1v) is 6.57. The standard InChI is InChI=1S/C13H20F3N3O/c1-2-6-18(10-13(14,15)16)7-3-8-19-9-11(17)4-5-12(19)20/h4-5,9H,2-3,6-8,10,17H2,1H3. The summed E-state index contributed by atoms with van der Waals surface area (Å²) in [5.74, 6) is 0. The van der Waals surface area contributed by atoms with E-state index in [-0.39, 0.29) is 5.56 Å². The van der Waals surface area contributed by atoms with Crippen LogP contribution in [0.1, 0.15) is 19.8 Å². The van der Waals surface area contributed by atoms with Crippen LogP contribution in [0.4, 0.5) is 18.9 Å². The van der Waals surface area contributed by atoms with Gasteiger partial charge in [-0.25, -0.2) is 0 Å². The predicted molar refractivity (Wildman–Crippen MR) is 72.5 cm³/mol. The van der Waals surface area contributed by atoms with Gasteiger partial charge in [-0.3, -0.25) is 9.69 Å². The fraction of sp³-hybridized carbons (Fsp3) is 0.615. The van der Waals surface area contributed by atoms with Crippen LogP contribution in [0.3, 0.4) is 0 Å². The van der Waals surface area contributed by atoms with Crippen molar-refractivity contribution in [3.63, 3.8) is 0 Å². The van der Waals surface area contributed by atoms with Crippen LogP contribution in [0.15, 0.2) is 23.1 Å². The van der Waals surface area contributed by atoms with Gasteiger partial charge in [-0.2, -0.15) is 13.2 Å². The predicted octanol–water partition coefficient (Wildman–Crippen LogP) is 2.09. The summed E-state index contributed by atoms with van der Waals surface area (Å²) in [7, 11) is 0. The molecule has 0 spiro atoms. The molecular weight excluding hydrogens is 271 g/mol. The normalized spacial score (nSPS) is 12.1. The van der Waals surface area contributed by atoms with Crippen LogP contribution in [0, 0.1) is 0 Å². The lowest BCUT2D eigenvalue weighted by atomic mass is 10.3. The third-order valence-corrected chi connectivity index (χ3v) is 2.82. The maximum atomic E-state index is 12.4. The Morgan fingerprint density at radius 1 is 1.30 bits per heavy atom. The summed E-state index contributed by atoms with van der Waals surface area (Å²) in [6.45, 7) is 1.99. The van der Waals surface area contributed by atoms with Crippen molar-refractivity contribution in [3.05, 3.63) is 28.7 Å². The molecule has 0 radical (unpaired) electrons. The average Bonchev–Trinajstić information content (AvgIpc) is 2.32. The van der Waals surface area contributed by atoms with E-state index >= 15 is 0 Å². The van der Waals surface area contributed by atoms with Crippen molar-refractivity contribution in [3.8, 4) is 0 Å². The van der Waals surface area contributed by atoms with E-state index in [2.05, 4.69) is 0 Å². The van der Waals surface area contributed by atoms with Crippen LogP contribution in [-0.2, 0) is 6.54 Å². The van der Waals surface area contributed by atoms with Crippen molar-refractivity contribution < 1.29 is 13.2 Å². The molecule has 0 atom stereocenters. The number of aryl methyl sites for hydroxylation is 1. The van der Waals surface area contributed by atoms with Gasteiger partial charge in [0.15, 0.2) is 0 Å². The van der Waals surface area contributed by atoms with E-state index in [0.717, 1.165) is 0 Å². The molecule has 7 heteroatoms. The summed E-state index contributed by atoms with van der Waals surface area (Å²) in [4.78, 5) is 12.9. The van der Waals surface area contributed by atoms with E-state index in [0.29, 0.717) is 38.2 Å². The van der Waals surface area contributed by atoms with Gasteiger partial charge >= 0.3 is 6.18 Å². The maximum absolute atomic E-state index is 12.4. The molecule has 114 valence electrons. The zero-order valence-electron chi connectivity index (χ0n) is 11.5. The first kappa shape index (κ1) is 16.6. The molecule has 0 bridgehead atoms. The van der Waals surface area contributed by atoms with Gasteiger partial charge in [0.2, 0.25) is 0 Å². The minimum absolute atomic E-state index is 0.197. The van der Waals surface area contributed by atoms with Crippen molar-refractivity contribution in [1.29, 1.82) is 0 Å². The number of nitrogens with two attached hydrogens (primary N) is 1. The summed E-state index contributed by atoms with van der Waals surface area (Å²) < 4.78 is 38.6. The van der Waals surface area contributed by atoms with E-state index in [1.54, 1.807) is 0 Å². The molecule has 1 aromatic heterocycles. The van der Waals surface area contributed by atoms with Gasteiger partial charge in [-0.15, -0.1) is 0 Å². The lowest BCUT2D eigenvalue weighted by Gasteiger charge is -2.23. The molecule has 0 aliphatic carbocycles. The van der Waals surface area contributed by atoms with Crippen LogP contribution in [0.5, 0.6) is 0 Å². The molecular formula is C13H20F3N3O. The van der Waals surface area contributed by atoms with Gasteiger partial charge in [-0.1, -0.05) is 6.92 Å². The van der Waals surface area contributed by atoms with Gasteiger partial charge in [0, 0.05) is 31.0 Å². The Bertz CT molecular complexity index is 471. The summed E-state index contributed by atoms with van der Waals surface area (Å²) in [5.41, 5.74) is 5.84. The zero-order chi connectivity index (χ0) is 15.2. The van der Waals surface area contributed by atoms with Gasteiger partial charge in [0.05, 0.1) is 6.54 Å². The molecule has 20 heavy (non-hydrogen) atoms. The summed E-state index contributed by atoms with van der Waals surface area (Å²) in [6, 6.07) is 2.86. The smallest absolute Gasteiger partial charge is 0.398 e. The number of hydrogen-bond donors (Lipinski definition) is 1. The number of halogens is 3. The van der Waals surface area contributed by atoms with Gasteiger partial charge < -0.3 is 10.3 Å². The second kappa shape index (κ2) is 7.33. The van der Waals surface area contributed by atoms with E-state index < -0.39 is 12.7 Å². The molecule has 0 fully saturated rings. The Labute approximate surface area is 116 Å².